The number of carboxylic acids is 1. The summed E-state index contributed by atoms with van der Waals surface area (Å²) in [5.74, 6) is -0.222. The lowest BCUT2D eigenvalue weighted by Gasteiger charge is -2.05. The van der Waals surface area contributed by atoms with Gasteiger partial charge in [0.15, 0.2) is 5.82 Å². The van der Waals surface area contributed by atoms with E-state index in [1.165, 1.54) is 6.26 Å². The molecule has 0 spiro atoms. The maximum absolute atomic E-state index is 10.8. The monoisotopic (exact) mass is 257 g/mol. The molecule has 0 saturated heterocycles. The topological polar surface area (TPSA) is 81.1 Å². The molecule has 0 unspecified atom stereocenters. The number of hydrogen-bond acceptors (Lipinski definition) is 4. The van der Waals surface area contributed by atoms with Crippen molar-refractivity contribution >= 4 is 17.0 Å². The van der Waals surface area contributed by atoms with Gasteiger partial charge in [0.1, 0.15) is 12.0 Å². The Bertz CT molecular complexity index is 716. The number of para-hydroxylation sites is 2. The number of carboxylic acid groups (broad SMARTS) is 1. The fourth-order valence-electron chi connectivity index (χ4n) is 2.03. The van der Waals surface area contributed by atoms with Crippen molar-refractivity contribution in [1.82, 2.24) is 14.7 Å². The number of imidazole rings is 1. The van der Waals surface area contributed by atoms with E-state index >= 15 is 0 Å². The number of nitrogens with zero attached hydrogens (tertiary/aromatic N) is 3. The molecule has 2 aromatic heterocycles. The number of fused-ring (bicyclic) bond motifs is 1. The molecular weight excluding hydrogens is 246 g/mol. The molecule has 96 valence electrons. The van der Waals surface area contributed by atoms with Crippen molar-refractivity contribution in [1.29, 1.82) is 0 Å². The quantitative estimate of drug-likeness (QED) is 0.774. The zero-order chi connectivity index (χ0) is 13.2. The molecular formula is C13H11N3O3. The van der Waals surface area contributed by atoms with Crippen molar-refractivity contribution in [3.05, 3.63) is 36.6 Å². The van der Waals surface area contributed by atoms with Crippen LogP contribution in [0.15, 0.2) is 41.1 Å². The van der Waals surface area contributed by atoms with Crippen molar-refractivity contribution < 1.29 is 14.4 Å². The number of hydrogen-bond donors (Lipinski definition) is 1. The normalized spacial score (nSPS) is 10.9. The molecule has 0 radical (unpaired) electrons. The Hall–Kier alpha value is -2.63. The number of rotatable bonds is 4. The first-order valence-electron chi connectivity index (χ1n) is 5.83. The van der Waals surface area contributed by atoms with Crippen molar-refractivity contribution in [3.8, 4) is 11.5 Å². The lowest BCUT2D eigenvalue weighted by molar-refractivity contribution is -0.137. The summed E-state index contributed by atoms with van der Waals surface area (Å²) >= 11 is 0. The molecule has 6 nitrogen and oxygen atoms in total. The first kappa shape index (κ1) is 11.5. The molecule has 19 heavy (non-hydrogen) atoms. The number of aryl methyl sites for hydroxylation is 1. The summed E-state index contributed by atoms with van der Waals surface area (Å²) in [6.45, 7) is 0.345. The maximum Gasteiger partial charge on any atom is 0.305 e. The van der Waals surface area contributed by atoms with Gasteiger partial charge >= 0.3 is 5.97 Å². The van der Waals surface area contributed by atoms with Crippen LogP contribution in [0, 0.1) is 0 Å². The number of aliphatic carboxylic acids is 1. The van der Waals surface area contributed by atoms with Crippen LogP contribution < -0.4 is 0 Å². The second-order valence-electron chi connectivity index (χ2n) is 4.10. The summed E-state index contributed by atoms with van der Waals surface area (Å²) in [5, 5.41) is 12.7. The van der Waals surface area contributed by atoms with Gasteiger partial charge < -0.3 is 14.2 Å². The predicted octanol–water partition coefficient (Wildman–Crippen LogP) is 2.17. The van der Waals surface area contributed by atoms with Crippen LogP contribution >= 0.6 is 0 Å². The predicted molar refractivity (Wildman–Crippen MR) is 67.5 cm³/mol. The maximum atomic E-state index is 10.8. The number of carbonyl (C=O) groups is 1. The molecule has 1 aromatic carbocycles. The summed E-state index contributed by atoms with van der Waals surface area (Å²) in [7, 11) is 0. The van der Waals surface area contributed by atoms with Crippen molar-refractivity contribution in [2.45, 2.75) is 13.0 Å². The molecule has 0 saturated carbocycles. The van der Waals surface area contributed by atoms with E-state index in [4.69, 9.17) is 9.63 Å². The molecule has 0 aliphatic rings. The van der Waals surface area contributed by atoms with E-state index in [0.29, 0.717) is 18.1 Å². The zero-order valence-corrected chi connectivity index (χ0v) is 9.98. The third-order valence-electron chi connectivity index (χ3n) is 2.87. The highest BCUT2D eigenvalue weighted by atomic mass is 16.5. The minimum Gasteiger partial charge on any atom is -0.481 e. The molecule has 0 atom stereocenters. The second-order valence-corrected chi connectivity index (χ2v) is 4.10. The highest BCUT2D eigenvalue weighted by molar-refractivity contribution is 5.80. The number of benzene rings is 1. The Morgan fingerprint density at radius 3 is 2.89 bits per heavy atom. The number of aromatic nitrogens is 3. The van der Waals surface area contributed by atoms with Gasteiger partial charge in [-0.2, -0.15) is 0 Å². The van der Waals surface area contributed by atoms with Crippen LogP contribution in [-0.4, -0.2) is 25.8 Å². The third kappa shape index (κ3) is 2.08. The fraction of sp³-hybridized carbons (Fsp3) is 0.154. The third-order valence-corrected chi connectivity index (χ3v) is 2.87. The Balaban J connectivity index is 2.14. The van der Waals surface area contributed by atoms with E-state index in [-0.39, 0.29) is 6.42 Å². The molecule has 3 rings (SSSR count). The standard InChI is InChI=1S/C13H11N3O3/c17-12(18)5-7-16-11-4-2-1-3-9(11)14-13(16)10-6-8-19-15-10/h1-4,6,8H,5,7H2,(H,17,18). The molecule has 2 heterocycles. The van der Waals surface area contributed by atoms with Crippen LogP contribution in [0.2, 0.25) is 0 Å². The Morgan fingerprint density at radius 2 is 2.16 bits per heavy atom. The summed E-state index contributed by atoms with van der Waals surface area (Å²) < 4.78 is 6.67. The van der Waals surface area contributed by atoms with Crippen LogP contribution in [0.3, 0.4) is 0 Å². The largest absolute Gasteiger partial charge is 0.481 e. The van der Waals surface area contributed by atoms with Crippen LogP contribution in [0.5, 0.6) is 0 Å². The Labute approximate surface area is 108 Å². The second kappa shape index (κ2) is 4.56. The highest BCUT2D eigenvalue weighted by Crippen LogP contribution is 2.23. The minimum atomic E-state index is -0.844. The van der Waals surface area contributed by atoms with E-state index in [9.17, 15) is 4.79 Å². The Morgan fingerprint density at radius 1 is 1.32 bits per heavy atom. The molecule has 6 heteroatoms. The summed E-state index contributed by atoms with van der Waals surface area (Å²) in [6.07, 6.45) is 1.50. The lowest BCUT2D eigenvalue weighted by atomic mass is 10.3. The van der Waals surface area contributed by atoms with Gasteiger partial charge in [0.25, 0.3) is 0 Å². The van der Waals surface area contributed by atoms with E-state index in [1.807, 2.05) is 28.8 Å². The molecule has 0 aliphatic carbocycles. The molecule has 0 amide bonds. The van der Waals surface area contributed by atoms with Gasteiger partial charge in [0.05, 0.1) is 17.5 Å². The van der Waals surface area contributed by atoms with Crippen LogP contribution in [-0.2, 0) is 11.3 Å². The van der Waals surface area contributed by atoms with E-state index < -0.39 is 5.97 Å². The zero-order valence-electron chi connectivity index (χ0n) is 9.98. The lowest BCUT2D eigenvalue weighted by Crippen LogP contribution is -2.06. The fourth-order valence-corrected chi connectivity index (χ4v) is 2.03. The van der Waals surface area contributed by atoms with Crippen molar-refractivity contribution in [2.75, 3.05) is 0 Å². The van der Waals surface area contributed by atoms with Gasteiger partial charge in [0.2, 0.25) is 0 Å². The van der Waals surface area contributed by atoms with E-state index in [1.54, 1.807) is 6.07 Å². The summed E-state index contributed by atoms with van der Waals surface area (Å²) in [4.78, 5) is 15.2. The van der Waals surface area contributed by atoms with Crippen LogP contribution in [0.4, 0.5) is 0 Å². The molecule has 0 fully saturated rings. The molecule has 0 aliphatic heterocycles. The van der Waals surface area contributed by atoms with Crippen molar-refractivity contribution in [2.24, 2.45) is 0 Å². The average Bonchev–Trinajstić information content (AvgIpc) is 3.03. The smallest absolute Gasteiger partial charge is 0.305 e. The SMILES string of the molecule is O=C(O)CCn1c(-c2ccon2)nc2ccccc21. The van der Waals surface area contributed by atoms with Crippen LogP contribution in [0.1, 0.15) is 6.42 Å². The minimum absolute atomic E-state index is 0.0329. The van der Waals surface area contributed by atoms with E-state index in [0.717, 1.165) is 11.0 Å². The first-order chi connectivity index (χ1) is 9.25. The summed E-state index contributed by atoms with van der Waals surface area (Å²) in [5.41, 5.74) is 2.30. The van der Waals surface area contributed by atoms with Crippen molar-refractivity contribution in [3.63, 3.8) is 0 Å². The van der Waals surface area contributed by atoms with Gasteiger partial charge in [-0.15, -0.1) is 0 Å². The average molecular weight is 257 g/mol. The van der Waals surface area contributed by atoms with Gasteiger partial charge in [0, 0.05) is 12.6 Å². The Kier molecular flexibility index (Phi) is 2.75. The van der Waals surface area contributed by atoms with Crippen LogP contribution in [0.25, 0.3) is 22.6 Å². The molecule has 0 bridgehead atoms. The van der Waals surface area contributed by atoms with Gasteiger partial charge in [-0.05, 0) is 12.1 Å². The van der Waals surface area contributed by atoms with Gasteiger partial charge in [-0.3, -0.25) is 4.79 Å². The molecule has 3 aromatic rings. The highest BCUT2D eigenvalue weighted by Gasteiger charge is 2.15. The van der Waals surface area contributed by atoms with E-state index in [2.05, 4.69) is 10.1 Å². The van der Waals surface area contributed by atoms with Gasteiger partial charge in [-0.1, -0.05) is 17.3 Å². The summed E-state index contributed by atoms with van der Waals surface area (Å²) in [6, 6.07) is 9.29. The molecule has 1 N–H and O–H groups in total. The first-order valence-corrected chi connectivity index (χ1v) is 5.83. The van der Waals surface area contributed by atoms with Gasteiger partial charge in [-0.25, -0.2) is 4.98 Å².